The molecule has 4 aromatic rings. The van der Waals surface area contributed by atoms with E-state index in [2.05, 4.69) is 50.6 Å². The van der Waals surface area contributed by atoms with Crippen LogP contribution in [0.2, 0.25) is 0 Å². The standard InChI is InChI=1S/C25H27N5O/c1-29-15-21-9-10-24(27-25(21)28-29)19-7-4-8-22(13-19)26-14-23(31)17-30-12-11-18-5-2-3-6-20(18)16-30/h2-10,13,15,23,26,31H,11-12,14,16-17H2,1H3. The predicted octanol–water partition coefficient (Wildman–Crippen LogP) is 3.47. The highest BCUT2D eigenvalue weighted by Gasteiger charge is 2.18. The Bertz CT molecular complexity index is 1200. The van der Waals surface area contributed by atoms with Crippen molar-refractivity contribution in [3.8, 4) is 11.3 Å². The van der Waals surface area contributed by atoms with Crippen molar-refractivity contribution in [1.82, 2.24) is 19.7 Å². The van der Waals surface area contributed by atoms with Crippen molar-refractivity contribution in [2.75, 3.05) is 25.0 Å². The minimum atomic E-state index is -0.433. The van der Waals surface area contributed by atoms with E-state index in [9.17, 15) is 5.11 Å². The number of aliphatic hydroxyl groups excluding tert-OH is 1. The lowest BCUT2D eigenvalue weighted by atomic mass is 10.00. The normalized spacial score (nSPS) is 15.0. The second-order valence-electron chi connectivity index (χ2n) is 8.28. The smallest absolute Gasteiger partial charge is 0.181 e. The highest BCUT2D eigenvalue weighted by atomic mass is 16.3. The summed E-state index contributed by atoms with van der Waals surface area (Å²) in [6.45, 7) is 3.07. The summed E-state index contributed by atoms with van der Waals surface area (Å²) in [4.78, 5) is 7.01. The molecule has 3 heterocycles. The van der Waals surface area contributed by atoms with Gasteiger partial charge in [0.25, 0.3) is 0 Å². The molecule has 6 heteroatoms. The van der Waals surface area contributed by atoms with E-state index in [1.54, 1.807) is 4.68 Å². The van der Waals surface area contributed by atoms with E-state index >= 15 is 0 Å². The van der Waals surface area contributed by atoms with Crippen LogP contribution in [0.4, 0.5) is 5.69 Å². The van der Waals surface area contributed by atoms with Gasteiger partial charge in [-0.1, -0.05) is 36.4 Å². The molecular weight excluding hydrogens is 386 g/mol. The molecule has 2 aromatic carbocycles. The Hall–Kier alpha value is -3.22. The van der Waals surface area contributed by atoms with E-state index in [1.165, 1.54) is 11.1 Å². The van der Waals surface area contributed by atoms with Crippen LogP contribution >= 0.6 is 0 Å². The van der Waals surface area contributed by atoms with Gasteiger partial charge < -0.3 is 10.4 Å². The lowest BCUT2D eigenvalue weighted by molar-refractivity contribution is 0.114. The number of hydrogen-bond donors (Lipinski definition) is 2. The summed E-state index contributed by atoms with van der Waals surface area (Å²) in [5.41, 5.74) is 6.45. The number of rotatable bonds is 6. The molecule has 0 bridgehead atoms. The predicted molar refractivity (Wildman–Crippen MR) is 124 cm³/mol. The summed E-state index contributed by atoms with van der Waals surface area (Å²) in [7, 11) is 1.90. The zero-order valence-corrected chi connectivity index (χ0v) is 17.7. The first-order valence-electron chi connectivity index (χ1n) is 10.8. The molecule has 5 rings (SSSR count). The molecule has 1 unspecified atom stereocenters. The number of nitrogens with zero attached hydrogens (tertiary/aromatic N) is 4. The highest BCUT2D eigenvalue weighted by Crippen LogP contribution is 2.23. The number of pyridine rings is 1. The van der Waals surface area contributed by atoms with Crippen molar-refractivity contribution in [1.29, 1.82) is 0 Å². The molecule has 31 heavy (non-hydrogen) atoms. The molecule has 6 nitrogen and oxygen atoms in total. The van der Waals surface area contributed by atoms with Crippen LogP contribution in [0.5, 0.6) is 0 Å². The van der Waals surface area contributed by atoms with Crippen molar-refractivity contribution >= 4 is 16.7 Å². The maximum atomic E-state index is 10.6. The van der Waals surface area contributed by atoms with E-state index in [0.29, 0.717) is 13.1 Å². The monoisotopic (exact) mass is 413 g/mol. The molecule has 1 aliphatic heterocycles. The Kier molecular flexibility index (Phi) is 5.40. The van der Waals surface area contributed by atoms with Crippen LogP contribution in [0.3, 0.4) is 0 Å². The number of benzene rings is 2. The Balaban J connectivity index is 1.20. The summed E-state index contributed by atoms with van der Waals surface area (Å²) in [6.07, 6.45) is 2.58. The summed E-state index contributed by atoms with van der Waals surface area (Å²) < 4.78 is 1.78. The zero-order valence-electron chi connectivity index (χ0n) is 17.7. The second-order valence-corrected chi connectivity index (χ2v) is 8.28. The van der Waals surface area contributed by atoms with Gasteiger partial charge in [0, 0.05) is 56.1 Å². The maximum Gasteiger partial charge on any atom is 0.181 e. The van der Waals surface area contributed by atoms with Gasteiger partial charge >= 0.3 is 0 Å². The number of β-amino-alcohol motifs (C(OH)–C–C–N with tert-alkyl or cyclic N) is 1. The molecule has 1 atom stereocenters. The van der Waals surface area contributed by atoms with Crippen LogP contribution in [0.1, 0.15) is 11.1 Å². The quantitative estimate of drug-likeness (QED) is 0.507. The van der Waals surface area contributed by atoms with E-state index in [4.69, 9.17) is 0 Å². The summed E-state index contributed by atoms with van der Waals surface area (Å²) in [6, 6.07) is 20.8. The first kappa shape index (κ1) is 19.7. The Labute approximate surface area is 182 Å². The van der Waals surface area contributed by atoms with Gasteiger partial charge in [0.1, 0.15) is 0 Å². The van der Waals surface area contributed by atoms with Gasteiger partial charge in [-0.2, -0.15) is 5.10 Å². The van der Waals surface area contributed by atoms with Gasteiger partial charge in [0.15, 0.2) is 5.65 Å². The van der Waals surface area contributed by atoms with Gasteiger partial charge in [0.2, 0.25) is 0 Å². The molecule has 0 saturated carbocycles. The van der Waals surface area contributed by atoms with Gasteiger partial charge in [0.05, 0.1) is 11.8 Å². The van der Waals surface area contributed by atoms with Crippen LogP contribution < -0.4 is 5.32 Å². The third-order valence-electron chi connectivity index (χ3n) is 5.86. The molecule has 158 valence electrons. The van der Waals surface area contributed by atoms with Crippen molar-refractivity contribution < 1.29 is 5.11 Å². The van der Waals surface area contributed by atoms with E-state index in [1.807, 2.05) is 43.6 Å². The number of aryl methyl sites for hydroxylation is 1. The molecule has 0 fully saturated rings. The summed E-state index contributed by atoms with van der Waals surface area (Å²) in [5, 5.41) is 19.4. The zero-order chi connectivity index (χ0) is 21.2. The van der Waals surface area contributed by atoms with Crippen LogP contribution in [0.25, 0.3) is 22.3 Å². The maximum absolute atomic E-state index is 10.6. The fraction of sp³-hybridized carbons (Fsp3) is 0.280. The number of hydrogen-bond acceptors (Lipinski definition) is 5. The molecule has 0 radical (unpaired) electrons. The largest absolute Gasteiger partial charge is 0.390 e. The number of nitrogens with one attached hydrogen (secondary N) is 1. The van der Waals surface area contributed by atoms with Crippen molar-refractivity contribution in [3.05, 3.63) is 78.0 Å². The summed E-state index contributed by atoms with van der Waals surface area (Å²) >= 11 is 0. The van der Waals surface area contributed by atoms with E-state index < -0.39 is 6.10 Å². The molecule has 0 spiro atoms. The number of aromatic nitrogens is 3. The van der Waals surface area contributed by atoms with Gasteiger partial charge in [-0.3, -0.25) is 9.58 Å². The third-order valence-corrected chi connectivity index (χ3v) is 5.86. The fourth-order valence-corrected chi connectivity index (χ4v) is 4.28. The van der Waals surface area contributed by atoms with Crippen molar-refractivity contribution in [3.63, 3.8) is 0 Å². The Morgan fingerprint density at radius 3 is 2.84 bits per heavy atom. The van der Waals surface area contributed by atoms with Crippen LogP contribution in [-0.4, -0.2) is 50.5 Å². The average Bonchev–Trinajstić information content (AvgIpc) is 3.17. The lowest BCUT2D eigenvalue weighted by Gasteiger charge is -2.30. The molecule has 1 aliphatic rings. The van der Waals surface area contributed by atoms with Crippen LogP contribution in [-0.2, 0) is 20.0 Å². The summed E-state index contributed by atoms with van der Waals surface area (Å²) in [5.74, 6) is 0. The Morgan fingerprint density at radius 2 is 1.94 bits per heavy atom. The fourth-order valence-electron chi connectivity index (χ4n) is 4.28. The first-order chi connectivity index (χ1) is 15.1. The van der Waals surface area contributed by atoms with E-state index in [0.717, 1.165) is 47.5 Å². The van der Waals surface area contributed by atoms with Crippen molar-refractivity contribution in [2.24, 2.45) is 7.05 Å². The van der Waals surface area contributed by atoms with Crippen molar-refractivity contribution in [2.45, 2.75) is 19.1 Å². The topological polar surface area (TPSA) is 66.2 Å². The van der Waals surface area contributed by atoms with Gasteiger partial charge in [-0.05, 0) is 41.8 Å². The minimum absolute atomic E-state index is 0.433. The lowest BCUT2D eigenvalue weighted by Crippen LogP contribution is -2.39. The SMILES string of the molecule is Cn1cc2ccc(-c3cccc(NCC(O)CN4CCc5ccccc5C4)c3)nc2n1. The average molecular weight is 414 g/mol. The van der Waals surface area contributed by atoms with Gasteiger partial charge in [-0.15, -0.1) is 0 Å². The number of aliphatic hydroxyl groups is 1. The van der Waals surface area contributed by atoms with E-state index in [-0.39, 0.29) is 0 Å². The van der Waals surface area contributed by atoms with Gasteiger partial charge in [-0.25, -0.2) is 4.98 Å². The molecular formula is C25H27N5O. The second kappa shape index (κ2) is 8.49. The third kappa shape index (κ3) is 4.45. The number of fused-ring (bicyclic) bond motifs is 2. The minimum Gasteiger partial charge on any atom is -0.390 e. The van der Waals surface area contributed by atoms with Crippen LogP contribution in [0, 0.1) is 0 Å². The molecule has 0 saturated heterocycles. The molecule has 0 amide bonds. The molecule has 2 N–H and O–H groups in total. The first-order valence-corrected chi connectivity index (χ1v) is 10.8. The molecule has 2 aromatic heterocycles. The molecule has 0 aliphatic carbocycles. The van der Waals surface area contributed by atoms with Crippen LogP contribution in [0.15, 0.2) is 66.9 Å². The Morgan fingerprint density at radius 1 is 1.06 bits per heavy atom. The highest BCUT2D eigenvalue weighted by molar-refractivity contribution is 5.78. The number of anilines is 1.